The molecular formula is C16H27NOS. The fourth-order valence-corrected chi connectivity index (χ4v) is 2.83. The van der Waals surface area contributed by atoms with E-state index in [1.54, 1.807) is 7.11 Å². The van der Waals surface area contributed by atoms with Crippen LogP contribution in [0.15, 0.2) is 29.2 Å². The van der Waals surface area contributed by atoms with E-state index in [1.165, 1.54) is 16.9 Å². The molecule has 0 aliphatic rings. The summed E-state index contributed by atoms with van der Waals surface area (Å²) < 4.78 is 5.06. The van der Waals surface area contributed by atoms with E-state index in [0.29, 0.717) is 6.04 Å². The molecule has 3 heteroatoms. The van der Waals surface area contributed by atoms with Crippen LogP contribution < -0.4 is 5.32 Å². The van der Waals surface area contributed by atoms with Crippen molar-refractivity contribution in [1.82, 2.24) is 5.32 Å². The third-order valence-corrected chi connectivity index (χ3v) is 4.19. The zero-order valence-electron chi connectivity index (χ0n) is 12.4. The molecule has 0 amide bonds. The van der Waals surface area contributed by atoms with Crippen molar-refractivity contribution in [2.24, 2.45) is 0 Å². The molecule has 108 valence electrons. The molecule has 1 atom stereocenters. The van der Waals surface area contributed by atoms with Gasteiger partial charge in [-0.3, -0.25) is 0 Å². The quantitative estimate of drug-likeness (QED) is 0.511. The van der Waals surface area contributed by atoms with Gasteiger partial charge in [-0.1, -0.05) is 26.0 Å². The summed E-state index contributed by atoms with van der Waals surface area (Å²) in [6, 6.07) is 9.49. The summed E-state index contributed by atoms with van der Waals surface area (Å²) in [6.45, 7) is 6.39. The minimum Gasteiger partial charge on any atom is -0.385 e. The van der Waals surface area contributed by atoms with E-state index in [2.05, 4.69) is 43.4 Å². The van der Waals surface area contributed by atoms with E-state index < -0.39 is 0 Å². The van der Waals surface area contributed by atoms with Gasteiger partial charge in [-0.25, -0.2) is 0 Å². The zero-order valence-corrected chi connectivity index (χ0v) is 13.3. The van der Waals surface area contributed by atoms with Gasteiger partial charge in [-0.15, -0.1) is 11.8 Å². The standard InChI is InChI=1S/C16H27NOS/c1-4-11-17-16(5-2)14-7-9-15(10-8-14)19-13-6-12-18-3/h7-10,16-17H,4-6,11-13H2,1-3H3. The van der Waals surface area contributed by atoms with Gasteiger partial charge in [0.05, 0.1) is 0 Å². The Bertz CT molecular complexity index is 326. The lowest BCUT2D eigenvalue weighted by atomic mass is 10.0. The van der Waals surface area contributed by atoms with Crippen LogP contribution in [0.25, 0.3) is 0 Å². The number of thioether (sulfide) groups is 1. The molecule has 0 aliphatic heterocycles. The van der Waals surface area contributed by atoms with E-state index in [9.17, 15) is 0 Å². The highest BCUT2D eigenvalue weighted by molar-refractivity contribution is 7.99. The van der Waals surface area contributed by atoms with Gasteiger partial charge >= 0.3 is 0 Å². The second-order valence-corrected chi connectivity index (χ2v) is 5.85. The second-order valence-electron chi connectivity index (χ2n) is 4.68. The first-order valence-electron chi connectivity index (χ1n) is 7.26. The molecule has 0 spiro atoms. The van der Waals surface area contributed by atoms with Crippen molar-refractivity contribution in [3.63, 3.8) is 0 Å². The summed E-state index contributed by atoms with van der Waals surface area (Å²) in [7, 11) is 1.76. The molecule has 1 rings (SSSR count). The van der Waals surface area contributed by atoms with Crippen LogP contribution >= 0.6 is 11.8 Å². The molecule has 0 aromatic heterocycles. The van der Waals surface area contributed by atoms with Crippen LogP contribution in [0.3, 0.4) is 0 Å². The Labute approximate surface area is 122 Å². The molecule has 0 fully saturated rings. The fraction of sp³-hybridized carbons (Fsp3) is 0.625. The second kappa shape index (κ2) is 10.3. The Morgan fingerprint density at radius 2 is 1.95 bits per heavy atom. The molecule has 0 bridgehead atoms. The van der Waals surface area contributed by atoms with Gasteiger partial charge in [0.15, 0.2) is 0 Å². The number of hydrogen-bond donors (Lipinski definition) is 1. The molecule has 0 heterocycles. The van der Waals surface area contributed by atoms with Crippen molar-refractivity contribution < 1.29 is 4.74 Å². The number of hydrogen-bond acceptors (Lipinski definition) is 3. The lowest BCUT2D eigenvalue weighted by Crippen LogP contribution is -2.21. The predicted octanol–water partition coefficient (Wildman–Crippen LogP) is 4.27. The molecule has 1 unspecified atom stereocenters. The number of nitrogens with one attached hydrogen (secondary N) is 1. The van der Waals surface area contributed by atoms with Crippen molar-refractivity contribution in [1.29, 1.82) is 0 Å². The summed E-state index contributed by atoms with van der Waals surface area (Å²) in [4.78, 5) is 1.35. The third-order valence-electron chi connectivity index (χ3n) is 3.09. The molecule has 1 aromatic carbocycles. The van der Waals surface area contributed by atoms with Crippen molar-refractivity contribution in [3.8, 4) is 0 Å². The predicted molar refractivity (Wildman–Crippen MR) is 85.0 cm³/mol. The minimum atomic E-state index is 0.493. The summed E-state index contributed by atoms with van der Waals surface area (Å²) in [6.07, 6.45) is 3.43. The van der Waals surface area contributed by atoms with Crippen LogP contribution in [0, 0.1) is 0 Å². The highest BCUT2D eigenvalue weighted by Gasteiger charge is 2.07. The molecule has 1 N–H and O–H groups in total. The Balaban J connectivity index is 2.45. The first-order valence-corrected chi connectivity index (χ1v) is 8.25. The van der Waals surface area contributed by atoms with Gasteiger partial charge in [0.25, 0.3) is 0 Å². The van der Waals surface area contributed by atoms with Gasteiger partial charge in [0, 0.05) is 30.4 Å². The average Bonchev–Trinajstić information content (AvgIpc) is 2.46. The average molecular weight is 281 g/mol. The molecule has 1 aromatic rings. The van der Waals surface area contributed by atoms with Gasteiger partial charge < -0.3 is 10.1 Å². The molecular weight excluding hydrogens is 254 g/mol. The Morgan fingerprint density at radius 1 is 1.21 bits per heavy atom. The Kier molecular flexibility index (Phi) is 8.97. The maximum atomic E-state index is 5.06. The summed E-state index contributed by atoms with van der Waals surface area (Å²) in [5.74, 6) is 1.12. The van der Waals surface area contributed by atoms with E-state index in [4.69, 9.17) is 4.74 Å². The number of rotatable bonds is 10. The van der Waals surface area contributed by atoms with Gasteiger partial charge in [-0.05, 0) is 43.5 Å². The molecule has 0 saturated carbocycles. The number of benzene rings is 1. The minimum absolute atomic E-state index is 0.493. The monoisotopic (exact) mass is 281 g/mol. The van der Waals surface area contributed by atoms with Gasteiger partial charge in [0.1, 0.15) is 0 Å². The van der Waals surface area contributed by atoms with Crippen molar-refractivity contribution in [2.75, 3.05) is 26.0 Å². The summed E-state index contributed by atoms with van der Waals surface area (Å²) >= 11 is 1.91. The Morgan fingerprint density at radius 3 is 2.53 bits per heavy atom. The number of methoxy groups -OCH3 is 1. The summed E-state index contributed by atoms with van der Waals surface area (Å²) in [5, 5.41) is 3.59. The smallest absolute Gasteiger partial charge is 0.0470 e. The number of ether oxygens (including phenoxy) is 1. The van der Waals surface area contributed by atoms with Gasteiger partial charge in [0.2, 0.25) is 0 Å². The lowest BCUT2D eigenvalue weighted by molar-refractivity contribution is 0.200. The molecule has 0 saturated heterocycles. The van der Waals surface area contributed by atoms with Crippen LogP contribution in [-0.4, -0.2) is 26.0 Å². The van der Waals surface area contributed by atoms with E-state index in [1.807, 2.05) is 11.8 Å². The highest BCUT2D eigenvalue weighted by Crippen LogP contribution is 2.23. The lowest BCUT2D eigenvalue weighted by Gasteiger charge is -2.17. The van der Waals surface area contributed by atoms with E-state index in [-0.39, 0.29) is 0 Å². The SMILES string of the molecule is CCCNC(CC)c1ccc(SCCCOC)cc1. The normalized spacial score (nSPS) is 12.6. The van der Waals surface area contributed by atoms with E-state index >= 15 is 0 Å². The molecule has 0 radical (unpaired) electrons. The van der Waals surface area contributed by atoms with Crippen molar-refractivity contribution in [2.45, 2.75) is 44.0 Å². The third kappa shape index (κ3) is 6.46. The zero-order chi connectivity index (χ0) is 13.9. The first-order chi connectivity index (χ1) is 9.31. The van der Waals surface area contributed by atoms with Gasteiger partial charge in [-0.2, -0.15) is 0 Å². The van der Waals surface area contributed by atoms with E-state index in [0.717, 1.165) is 31.7 Å². The molecule has 0 aliphatic carbocycles. The fourth-order valence-electron chi connectivity index (χ4n) is 2.01. The topological polar surface area (TPSA) is 21.3 Å². The maximum Gasteiger partial charge on any atom is 0.0470 e. The van der Waals surface area contributed by atoms with Crippen LogP contribution in [0.5, 0.6) is 0 Å². The van der Waals surface area contributed by atoms with Crippen LogP contribution in [0.1, 0.15) is 44.7 Å². The summed E-state index contributed by atoms with van der Waals surface area (Å²) in [5.41, 5.74) is 1.40. The van der Waals surface area contributed by atoms with Crippen molar-refractivity contribution >= 4 is 11.8 Å². The maximum absolute atomic E-state index is 5.06. The van der Waals surface area contributed by atoms with Crippen LogP contribution in [-0.2, 0) is 4.74 Å². The molecule has 19 heavy (non-hydrogen) atoms. The largest absolute Gasteiger partial charge is 0.385 e. The van der Waals surface area contributed by atoms with Crippen LogP contribution in [0.2, 0.25) is 0 Å². The highest BCUT2D eigenvalue weighted by atomic mass is 32.2. The Hall–Kier alpha value is -0.510. The van der Waals surface area contributed by atoms with Crippen molar-refractivity contribution in [3.05, 3.63) is 29.8 Å². The first kappa shape index (κ1) is 16.5. The molecule has 2 nitrogen and oxygen atoms in total. The van der Waals surface area contributed by atoms with Crippen LogP contribution in [0.4, 0.5) is 0 Å².